The van der Waals surface area contributed by atoms with Crippen molar-refractivity contribution in [3.05, 3.63) is 51.4 Å². The first-order valence-electron chi connectivity index (χ1n) is 9.20. The fourth-order valence-corrected chi connectivity index (χ4v) is 4.40. The number of aromatic nitrogens is 3. The molecule has 0 radical (unpaired) electrons. The maximum Gasteiger partial charge on any atom is 0.275 e. The first-order valence-corrected chi connectivity index (χ1v) is 10.4. The summed E-state index contributed by atoms with van der Waals surface area (Å²) in [6.45, 7) is 3.73. The number of halogens is 1. The lowest BCUT2D eigenvalue weighted by atomic mass is 10.1. The summed E-state index contributed by atoms with van der Waals surface area (Å²) in [5.74, 6) is 0.733. The van der Waals surface area contributed by atoms with Gasteiger partial charge >= 0.3 is 0 Å². The second-order valence-electron chi connectivity index (χ2n) is 6.65. The Labute approximate surface area is 166 Å². The third-order valence-corrected chi connectivity index (χ3v) is 5.92. The number of anilines is 1. The molecule has 0 atom stereocenters. The molecule has 0 N–H and O–H groups in total. The highest BCUT2D eigenvalue weighted by Crippen LogP contribution is 2.29. The lowest BCUT2D eigenvalue weighted by Gasteiger charge is -2.31. The van der Waals surface area contributed by atoms with E-state index < -0.39 is 0 Å². The molecule has 0 bridgehead atoms. The largest absolute Gasteiger partial charge is 0.489 e. The molecule has 6 nitrogen and oxygen atoms in total. The number of hydrogen-bond acceptors (Lipinski definition) is 6. The number of nitrogens with zero attached hydrogens (tertiary/aromatic N) is 4. The smallest absolute Gasteiger partial charge is 0.275 e. The molecule has 8 heteroatoms. The van der Waals surface area contributed by atoms with Crippen LogP contribution in [0, 0.1) is 0 Å². The van der Waals surface area contributed by atoms with Crippen molar-refractivity contribution < 1.29 is 4.74 Å². The highest BCUT2D eigenvalue weighted by molar-refractivity contribution is 7.20. The number of rotatable bonds is 5. The minimum atomic E-state index is -0.108. The van der Waals surface area contributed by atoms with E-state index in [1.807, 2.05) is 24.3 Å². The van der Waals surface area contributed by atoms with Gasteiger partial charge in [-0.2, -0.15) is 4.52 Å². The van der Waals surface area contributed by atoms with Gasteiger partial charge in [-0.1, -0.05) is 48.4 Å². The Morgan fingerprint density at radius 2 is 2.07 bits per heavy atom. The standard InChI is InChI=1S/C19H21ClN4O2S/c1-2-5-13-12-17(25)24-18(21-13)27-19(22-24)23-10-8-14(9-11-23)26-16-7-4-3-6-15(16)20/h3-4,6-7,12,14H,2,5,8-11H2,1H3. The molecule has 0 amide bonds. The molecule has 4 rings (SSSR count). The molecule has 1 aromatic carbocycles. The third-order valence-electron chi connectivity index (χ3n) is 4.64. The van der Waals surface area contributed by atoms with Gasteiger partial charge in [0.25, 0.3) is 5.56 Å². The summed E-state index contributed by atoms with van der Waals surface area (Å²) >= 11 is 7.65. The van der Waals surface area contributed by atoms with Crippen LogP contribution in [0.25, 0.3) is 4.96 Å². The normalized spacial score (nSPS) is 15.4. The van der Waals surface area contributed by atoms with Crippen molar-refractivity contribution in [1.82, 2.24) is 14.6 Å². The Balaban J connectivity index is 1.45. The van der Waals surface area contributed by atoms with Gasteiger partial charge in [-0.15, -0.1) is 5.10 Å². The summed E-state index contributed by atoms with van der Waals surface area (Å²) in [6.07, 6.45) is 3.67. The topological polar surface area (TPSA) is 59.7 Å². The van der Waals surface area contributed by atoms with Crippen molar-refractivity contribution in [3.8, 4) is 5.75 Å². The Morgan fingerprint density at radius 1 is 1.30 bits per heavy atom. The summed E-state index contributed by atoms with van der Waals surface area (Å²) in [5.41, 5.74) is 0.729. The fourth-order valence-electron chi connectivity index (χ4n) is 3.24. The molecule has 1 fully saturated rings. The summed E-state index contributed by atoms with van der Waals surface area (Å²) in [4.78, 5) is 19.7. The molecule has 0 spiro atoms. The molecule has 2 aromatic heterocycles. The monoisotopic (exact) mass is 404 g/mol. The number of fused-ring (bicyclic) bond motifs is 1. The molecule has 142 valence electrons. The first-order chi connectivity index (χ1) is 13.1. The van der Waals surface area contributed by atoms with Crippen molar-refractivity contribution in [2.24, 2.45) is 0 Å². The van der Waals surface area contributed by atoms with Crippen molar-refractivity contribution in [2.45, 2.75) is 38.7 Å². The van der Waals surface area contributed by atoms with Crippen LogP contribution in [0.5, 0.6) is 5.75 Å². The lowest BCUT2D eigenvalue weighted by Crippen LogP contribution is -2.38. The Kier molecular flexibility index (Phi) is 5.31. The van der Waals surface area contributed by atoms with Crippen LogP contribution in [0.15, 0.2) is 35.1 Å². The molecule has 3 heterocycles. The van der Waals surface area contributed by atoms with Crippen LogP contribution in [-0.2, 0) is 6.42 Å². The number of ether oxygens (including phenoxy) is 1. The number of benzene rings is 1. The molecular weight excluding hydrogens is 384 g/mol. The quantitative estimate of drug-likeness (QED) is 0.647. The van der Waals surface area contributed by atoms with E-state index in [9.17, 15) is 4.79 Å². The first kappa shape index (κ1) is 18.3. The molecule has 1 aliphatic heterocycles. The van der Waals surface area contributed by atoms with Crippen molar-refractivity contribution in [2.75, 3.05) is 18.0 Å². The number of para-hydroxylation sites is 1. The van der Waals surface area contributed by atoms with Crippen LogP contribution in [0.4, 0.5) is 5.13 Å². The van der Waals surface area contributed by atoms with Gasteiger partial charge < -0.3 is 9.64 Å². The SMILES string of the molecule is CCCc1cc(=O)n2nc(N3CCC(Oc4ccccc4Cl)CC3)sc2n1. The van der Waals surface area contributed by atoms with E-state index in [1.54, 1.807) is 6.07 Å². The van der Waals surface area contributed by atoms with E-state index in [0.717, 1.165) is 55.3 Å². The van der Waals surface area contributed by atoms with E-state index in [4.69, 9.17) is 16.3 Å². The van der Waals surface area contributed by atoms with Crippen LogP contribution in [0.2, 0.25) is 5.02 Å². The van der Waals surface area contributed by atoms with E-state index in [2.05, 4.69) is 21.9 Å². The van der Waals surface area contributed by atoms with Crippen LogP contribution in [0.3, 0.4) is 0 Å². The van der Waals surface area contributed by atoms with Gasteiger partial charge in [-0.25, -0.2) is 4.98 Å². The zero-order valence-electron chi connectivity index (χ0n) is 15.1. The molecule has 27 heavy (non-hydrogen) atoms. The molecule has 0 aliphatic carbocycles. The number of piperidine rings is 1. The molecule has 3 aromatic rings. The molecular formula is C19H21ClN4O2S. The molecule has 0 saturated carbocycles. The Morgan fingerprint density at radius 3 is 2.81 bits per heavy atom. The van der Waals surface area contributed by atoms with Gasteiger partial charge in [0, 0.05) is 37.7 Å². The zero-order chi connectivity index (χ0) is 18.8. The van der Waals surface area contributed by atoms with E-state index in [-0.39, 0.29) is 11.7 Å². The van der Waals surface area contributed by atoms with Gasteiger partial charge in [0.1, 0.15) is 11.9 Å². The van der Waals surface area contributed by atoms with E-state index in [1.165, 1.54) is 15.9 Å². The number of hydrogen-bond donors (Lipinski definition) is 0. The predicted molar refractivity (Wildman–Crippen MR) is 108 cm³/mol. The predicted octanol–water partition coefficient (Wildman–Crippen LogP) is 3.80. The highest BCUT2D eigenvalue weighted by atomic mass is 35.5. The maximum absolute atomic E-state index is 12.3. The van der Waals surface area contributed by atoms with Crippen LogP contribution < -0.4 is 15.2 Å². The van der Waals surface area contributed by atoms with E-state index >= 15 is 0 Å². The second kappa shape index (κ2) is 7.86. The third kappa shape index (κ3) is 3.94. The summed E-state index contributed by atoms with van der Waals surface area (Å²) in [7, 11) is 0. The van der Waals surface area contributed by atoms with Gasteiger partial charge in [0.2, 0.25) is 10.1 Å². The second-order valence-corrected chi connectivity index (χ2v) is 7.99. The Bertz CT molecular complexity index is 995. The zero-order valence-corrected chi connectivity index (χ0v) is 16.7. The summed E-state index contributed by atoms with van der Waals surface area (Å²) in [6, 6.07) is 9.14. The maximum atomic E-state index is 12.3. The molecule has 1 saturated heterocycles. The van der Waals surface area contributed by atoms with Gasteiger partial charge in [0.15, 0.2) is 0 Å². The average molecular weight is 405 g/mol. The van der Waals surface area contributed by atoms with Crippen LogP contribution >= 0.6 is 22.9 Å². The molecule has 0 unspecified atom stereocenters. The van der Waals surface area contributed by atoms with Crippen molar-refractivity contribution >= 4 is 33.0 Å². The summed E-state index contributed by atoms with van der Waals surface area (Å²) in [5, 5.41) is 5.96. The average Bonchev–Trinajstić information content (AvgIpc) is 3.09. The van der Waals surface area contributed by atoms with Gasteiger partial charge in [-0.3, -0.25) is 4.79 Å². The van der Waals surface area contributed by atoms with Gasteiger partial charge in [-0.05, 0) is 18.6 Å². The van der Waals surface area contributed by atoms with Crippen LogP contribution in [-0.4, -0.2) is 33.8 Å². The highest BCUT2D eigenvalue weighted by Gasteiger charge is 2.24. The van der Waals surface area contributed by atoms with Crippen molar-refractivity contribution in [3.63, 3.8) is 0 Å². The number of aryl methyl sites for hydroxylation is 1. The minimum Gasteiger partial charge on any atom is -0.489 e. The fraction of sp³-hybridized carbons (Fsp3) is 0.421. The Hall–Kier alpha value is -2.12. The lowest BCUT2D eigenvalue weighted by molar-refractivity contribution is 0.171. The summed E-state index contributed by atoms with van der Waals surface area (Å²) < 4.78 is 7.46. The van der Waals surface area contributed by atoms with E-state index in [0.29, 0.717) is 9.98 Å². The van der Waals surface area contributed by atoms with Gasteiger partial charge in [0.05, 0.1) is 5.02 Å². The minimum absolute atomic E-state index is 0.108. The van der Waals surface area contributed by atoms with Crippen LogP contribution in [0.1, 0.15) is 31.9 Å². The van der Waals surface area contributed by atoms with Crippen molar-refractivity contribution in [1.29, 1.82) is 0 Å². The molecule has 1 aliphatic rings.